The van der Waals surface area contributed by atoms with E-state index in [9.17, 15) is 9.13 Å². The van der Waals surface area contributed by atoms with Crippen LogP contribution in [0.5, 0.6) is 0 Å². The van der Waals surface area contributed by atoms with Gasteiger partial charge in [0.05, 0.1) is 0 Å². The van der Waals surface area contributed by atoms with Gasteiger partial charge in [0.15, 0.2) is 0 Å². The van der Waals surface area contributed by atoms with E-state index in [2.05, 4.69) is 0 Å². The Balaban J connectivity index is 0. The third kappa shape index (κ3) is 14.4. The average molecular weight is 300 g/mol. The molecule has 0 unspecified atom stereocenters. The molecule has 0 fully saturated rings. The van der Waals surface area contributed by atoms with Crippen molar-refractivity contribution in [2.75, 3.05) is 24.6 Å². The lowest BCUT2D eigenvalue weighted by molar-refractivity contribution is 0.474. The van der Waals surface area contributed by atoms with E-state index in [1.165, 1.54) is 0 Å². The molecule has 0 heterocycles. The molecule has 0 aliphatic heterocycles. The van der Waals surface area contributed by atoms with Gasteiger partial charge in [0, 0.05) is 24.6 Å². The van der Waals surface area contributed by atoms with Gasteiger partial charge in [0.1, 0.15) is 0 Å². The molecular formula is C12H30O4P2. The molecule has 4 nitrogen and oxygen atoms in total. The summed E-state index contributed by atoms with van der Waals surface area (Å²) in [5, 5.41) is 0. The van der Waals surface area contributed by atoms with Gasteiger partial charge in [-0.2, -0.15) is 0 Å². The van der Waals surface area contributed by atoms with E-state index in [1.807, 2.05) is 27.7 Å². The topological polar surface area (TPSA) is 74.6 Å². The van der Waals surface area contributed by atoms with Crippen molar-refractivity contribution in [2.24, 2.45) is 0 Å². The summed E-state index contributed by atoms with van der Waals surface area (Å²) >= 11 is 0. The van der Waals surface area contributed by atoms with Gasteiger partial charge >= 0.3 is 0 Å². The van der Waals surface area contributed by atoms with E-state index in [0.29, 0.717) is 24.6 Å². The van der Waals surface area contributed by atoms with E-state index in [-0.39, 0.29) is 0 Å². The molecule has 0 rings (SSSR count). The second-order valence-corrected chi connectivity index (χ2v) is 9.76. The molecule has 0 aromatic carbocycles. The first-order valence-corrected chi connectivity index (χ1v) is 10.9. The Hall–Kier alpha value is 0.380. The number of hydrogen-bond acceptors (Lipinski definition) is 2. The van der Waals surface area contributed by atoms with Crippen LogP contribution in [0.15, 0.2) is 0 Å². The Kier molecular flexibility index (Phi) is 12.9. The van der Waals surface area contributed by atoms with Crippen LogP contribution >= 0.6 is 14.7 Å². The molecule has 0 saturated heterocycles. The van der Waals surface area contributed by atoms with Crippen LogP contribution in [0.4, 0.5) is 0 Å². The molecule has 0 spiro atoms. The molecule has 0 aliphatic carbocycles. The third-order valence-corrected chi connectivity index (χ3v) is 6.88. The minimum Gasteiger partial charge on any atom is -0.344 e. The summed E-state index contributed by atoms with van der Waals surface area (Å²) in [5.74, 6) is 0. The largest absolute Gasteiger partial charge is 0.344 e. The average Bonchev–Trinajstić information content (AvgIpc) is 2.17. The van der Waals surface area contributed by atoms with Crippen molar-refractivity contribution < 1.29 is 18.9 Å². The Morgan fingerprint density at radius 3 is 0.889 bits per heavy atom. The van der Waals surface area contributed by atoms with Gasteiger partial charge < -0.3 is 9.79 Å². The van der Waals surface area contributed by atoms with E-state index < -0.39 is 14.7 Å². The molecule has 112 valence electrons. The highest BCUT2D eigenvalue weighted by Gasteiger charge is 2.14. The molecule has 0 amide bonds. The number of rotatable bonds is 8. The summed E-state index contributed by atoms with van der Waals surface area (Å²) in [6.07, 6.45) is 5.20. The monoisotopic (exact) mass is 300 g/mol. The van der Waals surface area contributed by atoms with E-state index in [4.69, 9.17) is 9.79 Å². The van der Waals surface area contributed by atoms with Crippen LogP contribution in [0.1, 0.15) is 53.4 Å². The molecule has 18 heavy (non-hydrogen) atoms. The zero-order chi connectivity index (χ0) is 14.7. The van der Waals surface area contributed by atoms with Crippen molar-refractivity contribution in [3.05, 3.63) is 0 Å². The zero-order valence-corrected chi connectivity index (χ0v) is 14.1. The first-order valence-electron chi connectivity index (χ1n) is 6.86. The Labute approximate surface area is 112 Å². The lowest BCUT2D eigenvalue weighted by Gasteiger charge is -2.06. The highest BCUT2D eigenvalue weighted by atomic mass is 31.2. The number of hydrogen-bond donors (Lipinski definition) is 2. The van der Waals surface area contributed by atoms with Crippen LogP contribution in [0, 0.1) is 0 Å². The van der Waals surface area contributed by atoms with Crippen molar-refractivity contribution in [1.82, 2.24) is 0 Å². The zero-order valence-electron chi connectivity index (χ0n) is 12.3. The Morgan fingerprint density at radius 2 is 0.778 bits per heavy atom. The van der Waals surface area contributed by atoms with Crippen molar-refractivity contribution in [2.45, 2.75) is 53.4 Å². The minimum atomic E-state index is -2.69. The fraction of sp³-hybridized carbons (Fsp3) is 1.00. The van der Waals surface area contributed by atoms with Crippen LogP contribution in [0.3, 0.4) is 0 Å². The van der Waals surface area contributed by atoms with Crippen molar-refractivity contribution >= 4 is 14.7 Å². The molecule has 0 aromatic rings. The van der Waals surface area contributed by atoms with E-state index in [1.54, 1.807) is 0 Å². The molecule has 0 radical (unpaired) electrons. The second kappa shape index (κ2) is 11.2. The van der Waals surface area contributed by atoms with Gasteiger partial charge in [0.25, 0.3) is 0 Å². The van der Waals surface area contributed by atoms with Crippen LogP contribution in [-0.2, 0) is 9.13 Å². The molecule has 2 N–H and O–H groups in total. The minimum absolute atomic E-state index is 0.487. The van der Waals surface area contributed by atoms with Gasteiger partial charge in [-0.1, -0.05) is 27.7 Å². The maximum atomic E-state index is 11.0. The summed E-state index contributed by atoms with van der Waals surface area (Å²) < 4.78 is 21.9. The lowest BCUT2D eigenvalue weighted by atomic mass is 10.6. The maximum Gasteiger partial charge on any atom is 0.200 e. The summed E-state index contributed by atoms with van der Waals surface area (Å²) in [6.45, 7) is 7.72. The first-order chi connectivity index (χ1) is 8.24. The Bertz CT molecular complexity index is 231. The second-order valence-electron chi connectivity index (χ2n) is 4.59. The van der Waals surface area contributed by atoms with Crippen LogP contribution in [-0.4, -0.2) is 34.4 Å². The summed E-state index contributed by atoms with van der Waals surface area (Å²) in [5.41, 5.74) is 0. The van der Waals surface area contributed by atoms with Crippen molar-refractivity contribution in [3.8, 4) is 0 Å². The van der Waals surface area contributed by atoms with Gasteiger partial charge in [-0.25, -0.2) is 0 Å². The fourth-order valence-corrected chi connectivity index (χ4v) is 4.86. The van der Waals surface area contributed by atoms with Crippen LogP contribution < -0.4 is 0 Å². The summed E-state index contributed by atoms with van der Waals surface area (Å²) in [6, 6.07) is 0. The highest BCUT2D eigenvalue weighted by molar-refractivity contribution is 7.58. The van der Waals surface area contributed by atoms with E-state index >= 15 is 0 Å². The SMILES string of the molecule is CCCP(=O)(O)CCC.CCCP(=O)(O)CCC. The molecule has 6 heteroatoms. The molecule has 0 saturated carbocycles. The molecular weight excluding hydrogens is 270 g/mol. The summed E-state index contributed by atoms with van der Waals surface area (Å²) in [4.78, 5) is 18.1. The first kappa shape index (κ1) is 20.7. The smallest absolute Gasteiger partial charge is 0.200 e. The van der Waals surface area contributed by atoms with E-state index in [0.717, 1.165) is 25.7 Å². The normalized spacial score (nSPS) is 11.9. The summed E-state index contributed by atoms with van der Waals surface area (Å²) in [7, 11) is -5.39. The van der Waals surface area contributed by atoms with Gasteiger partial charge in [0.2, 0.25) is 14.7 Å². The highest BCUT2D eigenvalue weighted by Crippen LogP contribution is 2.41. The maximum absolute atomic E-state index is 11.0. The molecule has 0 aromatic heterocycles. The van der Waals surface area contributed by atoms with Crippen molar-refractivity contribution in [3.63, 3.8) is 0 Å². The predicted molar refractivity (Wildman–Crippen MR) is 80.3 cm³/mol. The predicted octanol–water partition coefficient (Wildman–Crippen LogP) is 4.15. The molecule has 0 bridgehead atoms. The van der Waals surface area contributed by atoms with Crippen molar-refractivity contribution in [1.29, 1.82) is 0 Å². The van der Waals surface area contributed by atoms with Crippen LogP contribution in [0.2, 0.25) is 0 Å². The quantitative estimate of drug-likeness (QED) is 0.660. The third-order valence-electron chi connectivity index (χ3n) is 2.29. The standard InChI is InChI=1S/2C6H15O2P/c2*1-3-5-9(7,8)6-4-2/h2*3-6H2,1-2H3,(H,7,8). The lowest BCUT2D eigenvalue weighted by Crippen LogP contribution is -1.91. The fourth-order valence-electron chi connectivity index (χ4n) is 1.62. The van der Waals surface area contributed by atoms with Crippen LogP contribution in [0.25, 0.3) is 0 Å². The Morgan fingerprint density at radius 1 is 0.611 bits per heavy atom. The molecule has 0 atom stereocenters. The van der Waals surface area contributed by atoms with Gasteiger partial charge in [-0.3, -0.25) is 9.13 Å². The molecule has 0 aliphatic rings. The van der Waals surface area contributed by atoms with Gasteiger partial charge in [-0.05, 0) is 25.7 Å². The van der Waals surface area contributed by atoms with Gasteiger partial charge in [-0.15, -0.1) is 0 Å².